The predicted octanol–water partition coefficient (Wildman–Crippen LogP) is 21.5. The number of allylic oxidation sites excluding steroid dienone is 22. The standard InChI is InChI=1S/C79H134O16P2/c1-4-7-10-13-16-19-22-25-27-29-31-33-34-35-36-37-38-40-42-43-45-48-50-53-56-59-62-65-77(82)89-68-74(80)69-91-96(85,86)92-70-75(81)71-93-97(87,88)94-73-76(95-79(84)67-64-61-58-55-52-47-24-21-18-15-12-9-6-3)72-90-78(83)66-63-60-57-54-51-49-46-44-41-39-32-30-28-26-23-20-17-14-11-8-5-2/h8,11,16-17,19-21,24-28,31-33,35-36,39,44,46,51,54,74-76,80-81H,4-7,9-10,12-15,18,22-23,29-30,34,37-38,40-43,45,47-50,52-53,55-73H2,1-3H3,(H,85,86)(H,87,88)/b11-8-,19-16-,20-17-,24-21-,27-25-,28-26-,33-31-,36-35-,39-32-,46-44-,54-51-. The van der Waals surface area contributed by atoms with E-state index in [0.717, 1.165) is 135 Å². The van der Waals surface area contributed by atoms with Gasteiger partial charge < -0.3 is 34.2 Å². The Kier molecular flexibility index (Phi) is 68.3. The minimum Gasteiger partial charge on any atom is -0.463 e. The predicted molar refractivity (Wildman–Crippen MR) is 399 cm³/mol. The topological polar surface area (TPSA) is 231 Å². The molecule has 0 amide bonds. The van der Waals surface area contributed by atoms with Crippen molar-refractivity contribution in [3.8, 4) is 0 Å². The number of hydrogen-bond donors (Lipinski definition) is 4. The Morgan fingerprint density at radius 1 is 0.299 bits per heavy atom. The van der Waals surface area contributed by atoms with Crippen molar-refractivity contribution < 1.29 is 75.8 Å². The summed E-state index contributed by atoms with van der Waals surface area (Å²) in [5.41, 5.74) is 0. The molecule has 0 aliphatic rings. The summed E-state index contributed by atoms with van der Waals surface area (Å²) < 4.78 is 61.0. The molecule has 0 saturated heterocycles. The summed E-state index contributed by atoms with van der Waals surface area (Å²) in [5, 5.41) is 20.6. The highest BCUT2D eigenvalue weighted by Gasteiger charge is 2.29. The van der Waals surface area contributed by atoms with E-state index in [-0.39, 0.29) is 19.3 Å². The minimum atomic E-state index is -4.94. The highest BCUT2D eigenvalue weighted by molar-refractivity contribution is 7.47. The van der Waals surface area contributed by atoms with Gasteiger partial charge in [0.25, 0.3) is 0 Å². The van der Waals surface area contributed by atoms with Gasteiger partial charge in [-0.3, -0.25) is 32.5 Å². The summed E-state index contributed by atoms with van der Waals surface area (Å²) in [7, 11) is -9.80. The third-order valence-electron chi connectivity index (χ3n) is 15.3. The van der Waals surface area contributed by atoms with Crippen LogP contribution in [0.25, 0.3) is 0 Å². The Morgan fingerprint density at radius 2 is 0.546 bits per heavy atom. The van der Waals surface area contributed by atoms with Gasteiger partial charge in [0, 0.05) is 19.3 Å². The average molecular weight is 1400 g/mol. The summed E-state index contributed by atoms with van der Waals surface area (Å²) in [6.45, 7) is 2.45. The van der Waals surface area contributed by atoms with Gasteiger partial charge in [-0.2, -0.15) is 0 Å². The van der Waals surface area contributed by atoms with Gasteiger partial charge in [0.2, 0.25) is 0 Å². The minimum absolute atomic E-state index is 0.0813. The van der Waals surface area contributed by atoms with E-state index in [1.54, 1.807) is 0 Å². The van der Waals surface area contributed by atoms with Crippen LogP contribution in [0, 0.1) is 0 Å². The molecule has 97 heavy (non-hydrogen) atoms. The number of ether oxygens (including phenoxy) is 3. The Labute approximate surface area is 588 Å². The number of carbonyl (C=O) groups excluding carboxylic acids is 3. The van der Waals surface area contributed by atoms with Crippen molar-refractivity contribution in [2.24, 2.45) is 0 Å². The molecule has 556 valence electrons. The summed E-state index contributed by atoms with van der Waals surface area (Å²) in [6, 6.07) is 0. The SMILES string of the molecule is CC/C=C\C/C=C\C/C=C\C/C=C\C/C=C\C/C=C\CCCCC(=O)OCC(COP(=O)(O)OCC(O)COP(=O)(O)OCC(O)COC(=O)CCCCCCCCCCCCC/C=C\C/C=C\C/C=C\C/C=C\CCCCC)OC(=O)CCCCCCC/C=C\CCCCCC. The summed E-state index contributed by atoms with van der Waals surface area (Å²) in [6.07, 6.45) is 85.1. The maximum absolute atomic E-state index is 12.9. The van der Waals surface area contributed by atoms with Crippen molar-refractivity contribution in [2.45, 2.75) is 309 Å². The Morgan fingerprint density at radius 3 is 0.918 bits per heavy atom. The van der Waals surface area contributed by atoms with Crippen LogP contribution in [-0.2, 0) is 55.8 Å². The van der Waals surface area contributed by atoms with E-state index in [1.165, 1.54) is 96.3 Å². The van der Waals surface area contributed by atoms with Crippen LogP contribution in [0.5, 0.6) is 0 Å². The fourth-order valence-corrected chi connectivity index (χ4v) is 11.2. The van der Waals surface area contributed by atoms with Gasteiger partial charge in [0.1, 0.15) is 25.4 Å². The van der Waals surface area contributed by atoms with Crippen molar-refractivity contribution in [1.29, 1.82) is 0 Å². The second-order valence-corrected chi connectivity index (χ2v) is 27.6. The Balaban J connectivity index is 4.58. The summed E-state index contributed by atoms with van der Waals surface area (Å²) in [4.78, 5) is 58.5. The lowest BCUT2D eigenvalue weighted by molar-refractivity contribution is -0.161. The number of unbranched alkanes of at least 4 members (excludes halogenated alkanes) is 25. The molecule has 0 saturated carbocycles. The summed E-state index contributed by atoms with van der Waals surface area (Å²) in [5.74, 6) is -1.64. The third kappa shape index (κ3) is 72.8. The van der Waals surface area contributed by atoms with Crippen molar-refractivity contribution in [1.82, 2.24) is 0 Å². The second-order valence-electron chi connectivity index (χ2n) is 24.7. The van der Waals surface area contributed by atoms with Gasteiger partial charge in [0.15, 0.2) is 6.10 Å². The molecular weight excluding hydrogens is 1270 g/mol. The highest BCUT2D eigenvalue weighted by Crippen LogP contribution is 2.45. The van der Waals surface area contributed by atoms with Crippen LogP contribution in [0.3, 0.4) is 0 Å². The number of aliphatic hydroxyl groups excluding tert-OH is 2. The number of carbonyl (C=O) groups is 3. The maximum atomic E-state index is 12.9. The van der Waals surface area contributed by atoms with Gasteiger partial charge in [-0.1, -0.05) is 264 Å². The van der Waals surface area contributed by atoms with E-state index in [9.17, 15) is 43.5 Å². The second kappa shape index (κ2) is 71.5. The number of phosphoric acid groups is 2. The van der Waals surface area contributed by atoms with Gasteiger partial charge >= 0.3 is 33.6 Å². The van der Waals surface area contributed by atoms with Crippen molar-refractivity contribution in [3.05, 3.63) is 134 Å². The fraction of sp³-hybridized carbons (Fsp3) is 0.684. The zero-order valence-electron chi connectivity index (χ0n) is 60.5. The molecule has 5 unspecified atom stereocenters. The Bertz CT molecular complexity index is 2300. The van der Waals surface area contributed by atoms with Crippen LogP contribution in [0.4, 0.5) is 0 Å². The lowest BCUT2D eigenvalue weighted by Crippen LogP contribution is -2.30. The lowest BCUT2D eigenvalue weighted by Gasteiger charge is -2.21. The molecular formula is C79H134O16P2. The maximum Gasteiger partial charge on any atom is 0.472 e. The number of esters is 3. The first-order valence-corrected chi connectivity index (χ1v) is 40.5. The van der Waals surface area contributed by atoms with E-state index in [4.69, 9.17) is 32.3 Å². The van der Waals surface area contributed by atoms with Gasteiger partial charge in [-0.25, -0.2) is 9.13 Å². The molecule has 0 bridgehead atoms. The molecule has 4 N–H and O–H groups in total. The number of hydrogen-bond acceptors (Lipinski definition) is 14. The van der Waals surface area contributed by atoms with Crippen molar-refractivity contribution in [3.63, 3.8) is 0 Å². The van der Waals surface area contributed by atoms with E-state index in [2.05, 4.69) is 154 Å². The van der Waals surface area contributed by atoms with Crippen LogP contribution in [-0.4, -0.2) is 95.9 Å². The molecule has 18 heteroatoms. The zero-order valence-corrected chi connectivity index (χ0v) is 62.2. The normalized spacial score (nSPS) is 14.8. The van der Waals surface area contributed by atoms with Crippen molar-refractivity contribution >= 4 is 33.6 Å². The van der Waals surface area contributed by atoms with E-state index < -0.39 is 91.5 Å². The molecule has 0 fully saturated rings. The fourth-order valence-electron chi connectivity index (χ4n) is 9.61. The van der Waals surface area contributed by atoms with E-state index in [1.807, 2.05) is 0 Å². The first-order chi connectivity index (χ1) is 47.2. The van der Waals surface area contributed by atoms with Gasteiger partial charge in [-0.15, -0.1) is 0 Å². The molecule has 0 rings (SSSR count). The molecule has 0 aromatic carbocycles. The average Bonchev–Trinajstić information content (AvgIpc) is 2.14. The number of phosphoric ester groups is 2. The van der Waals surface area contributed by atoms with Crippen LogP contribution in [0.15, 0.2) is 134 Å². The van der Waals surface area contributed by atoms with Crippen LogP contribution in [0.2, 0.25) is 0 Å². The first-order valence-electron chi connectivity index (χ1n) is 37.5. The van der Waals surface area contributed by atoms with E-state index >= 15 is 0 Å². The molecule has 5 atom stereocenters. The number of rotatable bonds is 70. The molecule has 0 spiro atoms. The van der Waals surface area contributed by atoms with Gasteiger partial charge in [-0.05, 0) is 141 Å². The summed E-state index contributed by atoms with van der Waals surface area (Å²) >= 11 is 0. The lowest BCUT2D eigenvalue weighted by atomic mass is 10.0. The molecule has 0 aromatic rings. The van der Waals surface area contributed by atoms with Crippen LogP contribution >= 0.6 is 15.6 Å². The van der Waals surface area contributed by atoms with Crippen LogP contribution in [0.1, 0.15) is 290 Å². The third-order valence-corrected chi connectivity index (χ3v) is 17.2. The molecule has 0 heterocycles. The molecule has 0 aliphatic heterocycles. The highest BCUT2D eigenvalue weighted by atomic mass is 31.2. The molecule has 0 radical (unpaired) electrons. The monoisotopic (exact) mass is 1400 g/mol. The van der Waals surface area contributed by atoms with Gasteiger partial charge in [0.05, 0.1) is 26.4 Å². The van der Waals surface area contributed by atoms with Crippen LogP contribution < -0.4 is 0 Å². The molecule has 16 nitrogen and oxygen atoms in total. The molecule has 0 aliphatic carbocycles. The quantitative estimate of drug-likeness (QED) is 0.0146. The number of aliphatic hydroxyl groups is 2. The van der Waals surface area contributed by atoms with Crippen molar-refractivity contribution in [2.75, 3.05) is 39.6 Å². The zero-order chi connectivity index (χ0) is 70.9. The first kappa shape index (κ1) is 92.7. The van der Waals surface area contributed by atoms with E-state index in [0.29, 0.717) is 19.3 Å². The smallest absolute Gasteiger partial charge is 0.463 e. The Hall–Kier alpha value is -4.31. The largest absolute Gasteiger partial charge is 0.472 e. The molecule has 0 aromatic heterocycles.